The third-order valence-electron chi connectivity index (χ3n) is 4.26. The predicted octanol–water partition coefficient (Wildman–Crippen LogP) is 3.84. The minimum absolute atomic E-state index is 0.00792. The molecule has 0 amide bonds. The van der Waals surface area contributed by atoms with Gasteiger partial charge in [0.2, 0.25) is 20.0 Å². The molecule has 6 nitrogen and oxygen atoms in total. The van der Waals surface area contributed by atoms with Crippen molar-refractivity contribution in [2.75, 3.05) is 20.1 Å². The first-order chi connectivity index (χ1) is 13.0. The van der Waals surface area contributed by atoms with Crippen LogP contribution in [0.2, 0.25) is 10.0 Å². The van der Waals surface area contributed by atoms with E-state index in [1.54, 1.807) is 32.0 Å². The lowest BCUT2D eigenvalue weighted by molar-refractivity contribution is 0.445. The summed E-state index contributed by atoms with van der Waals surface area (Å²) in [6.45, 7) is 4.27. The first-order valence-corrected chi connectivity index (χ1v) is 12.2. The summed E-state index contributed by atoms with van der Waals surface area (Å²) < 4.78 is 53.2. The Morgan fingerprint density at radius 1 is 0.786 bits per heavy atom. The molecule has 0 aromatic heterocycles. The standard InChI is InChI=1S/C18H22Cl2N2O4S2/c1-4-22(5-2)28(25,26)16-9-7-15(8-10-16)27(23,24)21(3)13-14-6-11-17(19)18(20)12-14/h6-12H,4-5,13H2,1-3H3. The predicted molar refractivity (Wildman–Crippen MR) is 112 cm³/mol. The minimum atomic E-state index is -3.80. The normalized spacial score (nSPS) is 12.7. The van der Waals surface area contributed by atoms with Crippen LogP contribution in [0.3, 0.4) is 0 Å². The second-order valence-corrected chi connectivity index (χ2v) is 10.9. The van der Waals surface area contributed by atoms with Crippen LogP contribution in [-0.2, 0) is 26.6 Å². The quantitative estimate of drug-likeness (QED) is 0.594. The number of benzene rings is 2. The average Bonchev–Trinajstić information content (AvgIpc) is 2.65. The van der Waals surface area contributed by atoms with Gasteiger partial charge in [-0.05, 0) is 42.0 Å². The molecule has 0 N–H and O–H groups in total. The highest BCUT2D eigenvalue weighted by molar-refractivity contribution is 7.89. The van der Waals surface area contributed by atoms with Gasteiger partial charge in [-0.25, -0.2) is 16.8 Å². The Balaban J connectivity index is 2.27. The van der Waals surface area contributed by atoms with E-state index in [1.807, 2.05) is 0 Å². The maximum absolute atomic E-state index is 12.8. The topological polar surface area (TPSA) is 74.8 Å². The number of nitrogens with zero attached hydrogens (tertiary/aromatic N) is 2. The molecule has 0 saturated heterocycles. The summed E-state index contributed by atoms with van der Waals surface area (Å²) in [6, 6.07) is 10.1. The lowest BCUT2D eigenvalue weighted by Gasteiger charge is -2.20. The summed E-state index contributed by atoms with van der Waals surface area (Å²) in [4.78, 5) is 0.0656. The van der Waals surface area contributed by atoms with E-state index in [1.165, 1.54) is 39.9 Å². The van der Waals surface area contributed by atoms with E-state index in [4.69, 9.17) is 23.2 Å². The molecule has 0 spiro atoms. The van der Waals surface area contributed by atoms with Crippen LogP contribution in [0.4, 0.5) is 0 Å². The van der Waals surface area contributed by atoms with Crippen molar-refractivity contribution < 1.29 is 16.8 Å². The van der Waals surface area contributed by atoms with Crippen molar-refractivity contribution in [1.29, 1.82) is 0 Å². The molecule has 154 valence electrons. The summed E-state index contributed by atoms with van der Waals surface area (Å²) in [6.07, 6.45) is 0. The van der Waals surface area contributed by atoms with E-state index in [0.29, 0.717) is 28.7 Å². The SMILES string of the molecule is CCN(CC)S(=O)(=O)c1ccc(S(=O)(=O)N(C)Cc2ccc(Cl)c(Cl)c2)cc1. The summed E-state index contributed by atoms with van der Waals surface area (Å²) in [5, 5.41) is 0.733. The Bertz CT molecular complexity index is 1040. The summed E-state index contributed by atoms with van der Waals surface area (Å²) in [7, 11) is -6.01. The highest BCUT2D eigenvalue weighted by atomic mass is 35.5. The van der Waals surface area contributed by atoms with Gasteiger partial charge in [0.1, 0.15) is 0 Å². The van der Waals surface area contributed by atoms with E-state index in [-0.39, 0.29) is 16.3 Å². The third kappa shape index (κ3) is 4.87. The van der Waals surface area contributed by atoms with Crippen LogP contribution >= 0.6 is 23.2 Å². The van der Waals surface area contributed by atoms with Crippen molar-refractivity contribution in [2.45, 2.75) is 30.2 Å². The Labute approximate surface area is 176 Å². The maximum atomic E-state index is 12.8. The van der Waals surface area contributed by atoms with Gasteiger partial charge in [0.05, 0.1) is 19.8 Å². The van der Waals surface area contributed by atoms with Crippen LogP contribution in [0, 0.1) is 0 Å². The number of rotatable bonds is 8. The Hall–Kier alpha value is -1.16. The molecule has 0 bridgehead atoms. The molecular weight excluding hydrogens is 443 g/mol. The van der Waals surface area contributed by atoms with Crippen molar-refractivity contribution in [3.63, 3.8) is 0 Å². The Kier molecular flexibility index (Phi) is 7.52. The fourth-order valence-corrected chi connectivity index (χ4v) is 5.59. The van der Waals surface area contributed by atoms with Crippen LogP contribution < -0.4 is 0 Å². The average molecular weight is 465 g/mol. The number of hydrogen-bond acceptors (Lipinski definition) is 4. The number of halogens is 2. The minimum Gasteiger partial charge on any atom is -0.207 e. The van der Waals surface area contributed by atoms with Crippen molar-refractivity contribution in [1.82, 2.24) is 8.61 Å². The Morgan fingerprint density at radius 3 is 1.75 bits per heavy atom. The van der Waals surface area contributed by atoms with E-state index in [2.05, 4.69) is 0 Å². The molecular formula is C18H22Cl2N2O4S2. The smallest absolute Gasteiger partial charge is 0.207 e. The van der Waals surface area contributed by atoms with Crippen LogP contribution in [-0.4, -0.2) is 45.6 Å². The van der Waals surface area contributed by atoms with Crippen LogP contribution in [0.1, 0.15) is 19.4 Å². The molecule has 0 aliphatic rings. The molecule has 2 aromatic rings. The van der Waals surface area contributed by atoms with E-state index < -0.39 is 20.0 Å². The molecule has 0 radical (unpaired) electrons. The third-order valence-corrected chi connectivity index (χ3v) is 8.89. The summed E-state index contributed by atoms with van der Waals surface area (Å²) in [5.74, 6) is 0. The van der Waals surface area contributed by atoms with Gasteiger partial charge in [-0.3, -0.25) is 0 Å². The zero-order valence-corrected chi connectivity index (χ0v) is 18.9. The van der Waals surface area contributed by atoms with E-state index in [0.717, 1.165) is 0 Å². The molecule has 0 aliphatic heterocycles. The largest absolute Gasteiger partial charge is 0.243 e. The van der Waals surface area contributed by atoms with Crippen LogP contribution in [0.5, 0.6) is 0 Å². The first-order valence-electron chi connectivity index (χ1n) is 8.54. The van der Waals surface area contributed by atoms with Crippen LogP contribution in [0.25, 0.3) is 0 Å². The molecule has 2 aromatic carbocycles. The van der Waals surface area contributed by atoms with Gasteiger partial charge in [-0.2, -0.15) is 8.61 Å². The van der Waals surface area contributed by atoms with Crippen molar-refractivity contribution in [2.24, 2.45) is 0 Å². The monoisotopic (exact) mass is 464 g/mol. The highest BCUT2D eigenvalue weighted by Crippen LogP contribution is 2.25. The fourth-order valence-electron chi connectivity index (χ4n) is 2.66. The first kappa shape index (κ1) is 23.1. The molecule has 28 heavy (non-hydrogen) atoms. The lowest BCUT2D eigenvalue weighted by atomic mass is 10.2. The second-order valence-electron chi connectivity index (χ2n) is 6.07. The van der Waals surface area contributed by atoms with Crippen molar-refractivity contribution in [3.8, 4) is 0 Å². The molecule has 0 fully saturated rings. The lowest BCUT2D eigenvalue weighted by Crippen LogP contribution is -2.30. The fraction of sp³-hybridized carbons (Fsp3) is 0.333. The molecule has 0 unspecified atom stereocenters. The maximum Gasteiger partial charge on any atom is 0.243 e. The van der Waals surface area contributed by atoms with E-state index >= 15 is 0 Å². The molecule has 10 heteroatoms. The molecule has 0 heterocycles. The van der Waals surface area contributed by atoms with Gasteiger partial charge in [-0.15, -0.1) is 0 Å². The van der Waals surface area contributed by atoms with Gasteiger partial charge >= 0.3 is 0 Å². The summed E-state index contributed by atoms with van der Waals surface area (Å²) >= 11 is 11.9. The molecule has 0 saturated carbocycles. The summed E-state index contributed by atoms with van der Waals surface area (Å²) in [5.41, 5.74) is 0.682. The zero-order chi connectivity index (χ0) is 21.1. The van der Waals surface area contributed by atoms with Gasteiger partial charge in [0.25, 0.3) is 0 Å². The zero-order valence-electron chi connectivity index (χ0n) is 15.8. The van der Waals surface area contributed by atoms with Crippen molar-refractivity contribution >= 4 is 43.2 Å². The molecule has 2 rings (SSSR count). The van der Waals surface area contributed by atoms with Crippen molar-refractivity contribution in [3.05, 3.63) is 58.1 Å². The van der Waals surface area contributed by atoms with Crippen LogP contribution in [0.15, 0.2) is 52.3 Å². The van der Waals surface area contributed by atoms with Gasteiger partial charge in [0.15, 0.2) is 0 Å². The number of hydrogen-bond donors (Lipinski definition) is 0. The Morgan fingerprint density at radius 2 is 1.29 bits per heavy atom. The highest BCUT2D eigenvalue weighted by Gasteiger charge is 2.25. The molecule has 0 atom stereocenters. The van der Waals surface area contributed by atoms with Gasteiger partial charge < -0.3 is 0 Å². The number of sulfonamides is 2. The van der Waals surface area contributed by atoms with Gasteiger partial charge in [-0.1, -0.05) is 43.1 Å². The van der Waals surface area contributed by atoms with E-state index in [9.17, 15) is 16.8 Å². The van der Waals surface area contributed by atoms with Gasteiger partial charge in [0, 0.05) is 26.7 Å². The molecule has 0 aliphatic carbocycles. The second kappa shape index (κ2) is 9.11.